The number of nitrogens with two attached hydrogens (primary N) is 1. The van der Waals surface area contributed by atoms with Gasteiger partial charge in [-0.05, 0) is 18.5 Å². The first-order chi connectivity index (χ1) is 8.45. The van der Waals surface area contributed by atoms with Crippen LogP contribution in [0.4, 0.5) is 14.5 Å². The van der Waals surface area contributed by atoms with E-state index >= 15 is 0 Å². The molecule has 1 atom stereocenters. The van der Waals surface area contributed by atoms with E-state index in [0.717, 1.165) is 6.07 Å². The smallest absolute Gasteiger partial charge is 0.227 e. The van der Waals surface area contributed by atoms with Gasteiger partial charge in [0.1, 0.15) is 5.02 Å². The third-order valence-corrected chi connectivity index (χ3v) is 3.52. The van der Waals surface area contributed by atoms with Crippen LogP contribution in [-0.2, 0) is 4.79 Å². The van der Waals surface area contributed by atoms with Crippen LogP contribution in [-0.4, -0.2) is 19.0 Å². The Morgan fingerprint density at radius 2 is 2.06 bits per heavy atom. The lowest BCUT2D eigenvalue weighted by atomic mass is 10.1. The number of benzene rings is 1. The summed E-state index contributed by atoms with van der Waals surface area (Å²) in [6.07, 6.45) is 0.239. The molecule has 2 rings (SSSR count). The van der Waals surface area contributed by atoms with E-state index < -0.39 is 16.7 Å². The Kier molecular flexibility index (Phi) is 3.75. The number of hydrogen-bond donors (Lipinski definition) is 1. The number of halogens is 4. The highest BCUT2D eigenvalue weighted by Crippen LogP contribution is 2.35. The number of hydrogen-bond acceptors (Lipinski definition) is 2. The van der Waals surface area contributed by atoms with Crippen LogP contribution in [0.15, 0.2) is 6.07 Å². The van der Waals surface area contributed by atoms with Crippen molar-refractivity contribution in [2.45, 2.75) is 6.42 Å². The molecule has 1 saturated heterocycles. The molecule has 0 spiro atoms. The molecule has 0 saturated carbocycles. The van der Waals surface area contributed by atoms with Crippen LogP contribution in [0.5, 0.6) is 0 Å². The maximum atomic E-state index is 13.8. The van der Waals surface area contributed by atoms with Gasteiger partial charge in [0.25, 0.3) is 0 Å². The zero-order chi connectivity index (χ0) is 13.4. The standard InChI is InChI=1S/C11H10Cl2F2N2O/c12-6-2-7(11(15)9(13)10(6)14)17-4-5(3-16)1-8(17)18/h2,5H,1,3-4,16H2. The second kappa shape index (κ2) is 4.99. The third kappa shape index (κ3) is 2.18. The van der Waals surface area contributed by atoms with E-state index in [0.29, 0.717) is 6.54 Å². The lowest BCUT2D eigenvalue weighted by molar-refractivity contribution is -0.117. The fourth-order valence-electron chi connectivity index (χ4n) is 1.93. The molecule has 1 aromatic carbocycles. The molecule has 0 aliphatic carbocycles. The van der Waals surface area contributed by atoms with Crippen LogP contribution in [0.1, 0.15) is 6.42 Å². The van der Waals surface area contributed by atoms with Gasteiger partial charge in [-0.1, -0.05) is 23.2 Å². The van der Waals surface area contributed by atoms with Crippen molar-refractivity contribution in [2.24, 2.45) is 11.7 Å². The molecule has 1 heterocycles. The molecular formula is C11H10Cl2F2N2O. The summed E-state index contributed by atoms with van der Waals surface area (Å²) in [6.45, 7) is 0.608. The minimum Gasteiger partial charge on any atom is -0.330 e. The summed E-state index contributed by atoms with van der Waals surface area (Å²) in [5.74, 6) is -2.33. The van der Waals surface area contributed by atoms with E-state index in [9.17, 15) is 13.6 Å². The topological polar surface area (TPSA) is 46.3 Å². The molecule has 0 bridgehead atoms. The molecule has 3 nitrogen and oxygen atoms in total. The maximum absolute atomic E-state index is 13.8. The van der Waals surface area contributed by atoms with Crippen molar-refractivity contribution in [1.82, 2.24) is 0 Å². The Balaban J connectivity index is 2.43. The van der Waals surface area contributed by atoms with Crippen LogP contribution in [0.25, 0.3) is 0 Å². The van der Waals surface area contributed by atoms with Crippen molar-refractivity contribution in [3.63, 3.8) is 0 Å². The molecule has 98 valence electrons. The Hall–Kier alpha value is -0.910. The first-order valence-corrected chi connectivity index (χ1v) is 6.04. The number of amides is 1. The lowest BCUT2D eigenvalue weighted by Crippen LogP contribution is -2.26. The zero-order valence-corrected chi connectivity index (χ0v) is 10.7. The fraction of sp³-hybridized carbons (Fsp3) is 0.364. The van der Waals surface area contributed by atoms with Crippen LogP contribution < -0.4 is 10.6 Å². The van der Waals surface area contributed by atoms with Crippen LogP contribution in [0.2, 0.25) is 10.0 Å². The monoisotopic (exact) mass is 294 g/mol. The SMILES string of the molecule is NCC1CC(=O)N(c2cc(Cl)c(F)c(Cl)c2F)C1. The summed E-state index contributed by atoms with van der Waals surface area (Å²) in [5, 5.41) is -1.03. The summed E-state index contributed by atoms with van der Waals surface area (Å²) in [5.41, 5.74) is 5.37. The van der Waals surface area contributed by atoms with Crippen molar-refractivity contribution in [3.8, 4) is 0 Å². The Morgan fingerprint density at radius 3 is 2.61 bits per heavy atom. The van der Waals surface area contributed by atoms with Gasteiger partial charge in [0.2, 0.25) is 5.91 Å². The molecule has 1 unspecified atom stereocenters. The largest absolute Gasteiger partial charge is 0.330 e. The van der Waals surface area contributed by atoms with Gasteiger partial charge in [0.05, 0.1) is 10.7 Å². The van der Waals surface area contributed by atoms with E-state index in [2.05, 4.69) is 0 Å². The number of carbonyl (C=O) groups is 1. The highest BCUT2D eigenvalue weighted by molar-refractivity contribution is 6.35. The summed E-state index contributed by atoms with van der Waals surface area (Å²) in [7, 11) is 0. The van der Waals surface area contributed by atoms with Gasteiger partial charge in [-0.25, -0.2) is 8.78 Å². The van der Waals surface area contributed by atoms with Gasteiger partial charge < -0.3 is 10.6 Å². The Bertz CT molecular complexity index is 510. The molecule has 0 aromatic heterocycles. The number of nitrogens with zero attached hydrogens (tertiary/aromatic N) is 1. The fourth-order valence-corrected chi connectivity index (χ4v) is 2.37. The van der Waals surface area contributed by atoms with Crippen molar-refractivity contribution in [1.29, 1.82) is 0 Å². The summed E-state index contributed by atoms with van der Waals surface area (Å²) in [4.78, 5) is 12.9. The number of anilines is 1. The minimum absolute atomic E-state index is 0.0421. The Morgan fingerprint density at radius 1 is 1.39 bits per heavy atom. The van der Waals surface area contributed by atoms with Crippen molar-refractivity contribution >= 4 is 34.8 Å². The van der Waals surface area contributed by atoms with Gasteiger partial charge in [0.15, 0.2) is 11.6 Å². The van der Waals surface area contributed by atoms with Crippen LogP contribution >= 0.6 is 23.2 Å². The Labute approximate surface area is 112 Å². The third-order valence-electron chi connectivity index (χ3n) is 2.91. The van der Waals surface area contributed by atoms with Crippen molar-refractivity contribution in [2.75, 3.05) is 18.0 Å². The molecule has 1 aromatic rings. The highest BCUT2D eigenvalue weighted by Gasteiger charge is 2.32. The van der Waals surface area contributed by atoms with Gasteiger partial charge >= 0.3 is 0 Å². The van der Waals surface area contributed by atoms with Crippen molar-refractivity contribution in [3.05, 3.63) is 27.7 Å². The highest BCUT2D eigenvalue weighted by atomic mass is 35.5. The minimum atomic E-state index is -1.03. The number of carbonyl (C=O) groups excluding carboxylic acids is 1. The second-order valence-electron chi connectivity index (χ2n) is 4.13. The molecule has 7 heteroatoms. The van der Waals surface area contributed by atoms with Gasteiger partial charge in [-0.2, -0.15) is 0 Å². The second-order valence-corrected chi connectivity index (χ2v) is 4.91. The van der Waals surface area contributed by atoms with E-state index in [4.69, 9.17) is 28.9 Å². The van der Waals surface area contributed by atoms with Crippen molar-refractivity contribution < 1.29 is 13.6 Å². The van der Waals surface area contributed by atoms with Gasteiger partial charge in [0, 0.05) is 13.0 Å². The van der Waals surface area contributed by atoms with Gasteiger partial charge in [-0.15, -0.1) is 0 Å². The normalized spacial score (nSPS) is 19.7. The number of rotatable bonds is 2. The van der Waals surface area contributed by atoms with E-state index in [-0.39, 0.29) is 35.5 Å². The van der Waals surface area contributed by atoms with Crippen LogP contribution in [0.3, 0.4) is 0 Å². The maximum Gasteiger partial charge on any atom is 0.227 e. The van der Waals surface area contributed by atoms with Crippen LogP contribution in [0, 0.1) is 17.6 Å². The quantitative estimate of drug-likeness (QED) is 0.673. The molecule has 1 amide bonds. The zero-order valence-electron chi connectivity index (χ0n) is 9.22. The molecule has 0 radical (unpaired) electrons. The first-order valence-electron chi connectivity index (χ1n) is 5.29. The van der Waals surface area contributed by atoms with E-state index in [1.54, 1.807) is 0 Å². The molecule has 1 aliphatic heterocycles. The van der Waals surface area contributed by atoms with Gasteiger partial charge in [-0.3, -0.25) is 4.79 Å². The lowest BCUT2D eigenvalue weighted by Gasteiger charge is -2.18. The summed E-state index contributed by atoms with van der Waals surface area (Å²) >= 11 is 11.1. The summed E-state index contributed by atoms with van der Waals surface area (Å²) < 4.78 is 27.1. The van der Waals surface area contributed by atoms with E-state index in [1.807, 2.05) is 0 Å². The average Bonchev–Trinajstić information content (AvgIpc) is 2.72. The molecular weight excluding hydrogens is 285 g/mol. The summed E-state index contributed by atoms with van der Waals surface area (Å²) in [6, 6.07) is 1.06. The molecule has 18 heavy (non-hydrogen) atoms. The molecule has 1 aliphatic rings. The molecule has 1 fully saturated rings. The predicted molar refractivity (Wildman–Crippen MR) is 65.9 cm³/mol. The first kappa shape index (κ1) is 13.5. The predicted octanol–water partition coefficient (Wildman–Crippen LogP) is 2.58. The molecule has 2 N–H and O–H groups in total. The van der Waals surface area contributed by atoms with E-state index in [1.165, 1.54) is 4.90 Å². The average molecular weight is 295 g/mol.